The van der Waals surface area contributed by atoms with E-state index in [9.17, 15) is 0 Å². The van der Waals surface area contributed by atoms with Crippen LogP contribution in [0.4, 0.5) is 0 Å². The fourth-order valence-corrected chi connectivity index (χ4v) is 12.9. The van der Waals surface area contributed by atoms with Gasteiger partial charge in [-0.05, 0) is 31.7 Å². The van der Waals surface area contributed by atoms with E-state index in [1.54, 1.807) is 0 Å². The fraction of sp³-hybridized carbons (Fsp3) is 1.00. The molecule has 1 aliphatic rings. The van der Waals surface area contributed by atoms with Crippen LogP contribution in [-0.4, -0.2) is 60.0 Å². The molecular formula is C16H40N2Si3. The summed E-state index contributed by atoms with van der Waals surface area (Å²) in [7, 11) is -2.21. The van der Waals surface area contributed by atoms with Crippen molar-refractivity contribution in [2.45, 2.75) is 84.4 Å². The summed E-state index contributed by atoms with van der Waals surface area (Å²) in [6.45, 7) is 18.9. The Hall–Kier alpha value is 0.571. The maximum atomic E-state index is 2.95. The van der Waals surface area contributed by atoms with Crippen molar-refractivity contribution in [1.82, 2.24) is 9.13 Å². The van der Waals surface area contributed by atoms with E-state index in [0.29, 0.717) is 0 Å². The highest BCUT2D eigenvalue weighted by molar-refractivity contribution is 6.78. The highest BCUT2D eigenvalue weighted by atomic mass is 28.3. The number of hydrogen-bond donors (Lipinski definition) is 0. The minimum absolute atomic E-state index is 0.229. The maximum absolute atomic E-state index is 2.95. The largest absolute Gasteiger partial charge is 0.321 e. The second kappa shape index (κ2) is 8.43. The van der Waals surface area contributed by atoms with Crippen LogP contribution in [0.25, 0.3) is 0 Å². The highest BCUT2D eigenvalue weighted by Crippen LogP contribution is 2.22. The van der Waals surface area contributed by atoms with E-state index in [0.717, 1.165) is 6.04 Å². The first kappa shape index (κ1) is 19.6. The van der Waals surface area contributed by atoms with Gasteiger partial charge >= 0.3 is 0 Å². The normalized spacial score (nSPS) is 19.3. The lowest BCUT2D eigenvalue weighted by Gasteiger charge is -2.40. The summed E-state index contributed by atoms with van der Waals surface area (Å²) < 4.78 is 5.87. The van der Waals surface area contributed by atoms with Crippen LogP contribution in [0.15, 0.2) is 0 Å². The van der Waals surface area contributed by atoms with Crippen molar-refractivity contribution in [3.63, 3.8) is 0 Å². The monoisotopic (exact) mass is 344 g/mol. The fourth-order valence-electron chi connectivity index (χ4n) is 3.67. The topological polar surface area (TPSA) is 6.48 Å². The number of rotatable bonds is 8. The zero-order valence-electron chi connectivity index (χ0n) is 15.8. The smallest absolute Gasteiger partial charge is 0.172 e. The average molecular weight is 345 g/mol. The molecule has 0 atom stereocenters. The third kappa shape index (κ3) is 8.69. The van der Waals surface area contributed by atoms with Crippen molar-refractivity contribution in [3.05, 3.63) is 0 Å². The molecule has 0 aromatic rings. The Balaban J connectivity index is 2.67. The summed E-state index contributed by atoms with van der Waals surface area (Å²) in [6, 6.07) is 0.918. The molecule has 0 spiro atoms. The van der Waals surface area contributed by atoms with Gasteiger partial charge in [-0.15, -0.1) is 0 Å². The minimum Gasteiger partial charge on any atom is -0.321 e. The lowest BCUT2D eigenvalue weighted by Crippen LogP contribution is -2.55. The van der Waals surface area contributed by atoms with Crippen LogP contribution in [0.5, 0.6) is 0 Å². The van der Waals surface area contributed by atoms with Crippen molar-refractivity contribution in [2.75, 3.05) is 18.9 Å². The molecule has 126 valence electrons. The van der Waals surface area contributed by atoms with Gasteiger partial charge in [0.1, 0.15) is 0 Å². The average Bonchev–Trinajstić information content (AvgIpc) is 2.33. The molecule has 0 saturated heterocycles. The SMILES string of the molecule is CCN([SiH2]N(C[Si](C)(C)C)C[Si](C)(C)C)C1CCCCC1. The summed E-state index contributed by atoms with van der Waals surface area (Å²) in [5.74, 6) is 0. The Labute approximate surface area is 138 Å². The second-order valence-electron chi connectivity index (χ2n) is 9.45. The molecule has 0 aliphatic heterocycles. The maximum Gasteiger partial charge on any atom is 0.172 e. The highest BCUT2D eigenvalue weighted by Gasteiger charge is 2.27. The van der Waals surface area contributed by atoms with E-state index in [1.807, 2.05) is 0 Å². The number of nitrogens with zero attached hydrogens (tertiary/aromatic N) is 2. The molecular weight excluding hydrogens is 304 g/mol. The molecule has 5 heteroatoms. The summed E-state index contributed by atoms with van der Waals surface area (Å²) in [5.41, 5.74) is 0. The van der Waals surface area contributed by atoms with E-state index in [2.05, 4.69) is 55.3 Å². The summed E-state index contributed by atoms with van der Waals surface area (Å²) >= 11 is 0. The molecule has 0 heterocycles. The van der Waals surface area contributed by atoms with Gasteiger partial charge in [0, 0.05) is 6.04 Å². The third-order valence-electron chi connectivity index (χ3n) is 4.27. The molecule has 0 amide bonds. The van der Waals surface area contributed by atoms with Crippen LogP contribution in [-0.2, 0) is 0 Å². The molecule has 0 N–H and O–H groups in total. The van der Waals surface area contributed by atoms with Gasteiger partial charge in [0.15, 0.2) is 9.84 Å². The van der Waals surface area contributed by atoms with Gasteiger partial charge in [-0.3, -0.25) is 0 Å². The van der Waals surface area contributed by atoms with E-state index in [-0.39, 0.29) is 9.84 Å². The molecule has 0 aromatic carbocycles. The molecule has 2 nitrogen and oxygen atoms in total. The Morgan fingerprint density at radius 2 is 1.33 bits per heavy atom. The van der Waals surface area contributed by atoms with Gasteiger partial charge in [0.2, 0.25) is 0 Å². The van der Waals surface area contributed by atoms with E-state index in [4.69, 9.17) is 0 Å². The Morgan fingerprint density at radius 1 is 0.857 bits per heavy atom. The molecule has 0 bridgehead atoms. The van der Waals surface area contributed by atoms with Crippen LogP contribution in [0.1, 0.15) is 39.0 Å². The van der Waals surface area contributed by atoms with Crippen LogP contribution in [0.2, 0.25) is 39.3 Å². The van der Waals surface area contributed by atoms with Gasteiger partial charge in [0.05, 0.1) is 16.1 Å². The van der Waals surface area contributed by atoms with Crippen LogP contribution < -0.4 is 0 Å². The Bertz CT molecular complexity index is 275. The zero-order valence-corrected chi connectivity index (χ0v) is 19.2. The lowest BCUT2D eigenvalue weighted by molar-refractivity contribution is 0.252. The Morgan fingerprint density at radius 3 is 1.71 bits per heavy atom. The molecule has 1 aliphatic carbocycles. The van der Waals surface area contributed by atoms with Crippen molar-refractivity contribution in [3.8, 4) is 0 Å². The standard InChI is InChI=1S/C16H40N2Si3/c1-8-18(16-12-10-9-11-13-16)19-17(14-20(2,3)4)15-21(5,6)7/h16H,8-15,19H2,1-7H3. The summed E-state index contributed by atoms with van der Waals surface area (Å²) in [5, 5.41) is 0. The van der Waals surface area contributed by atoms with Crippen molar-refractivity contribution >= 4 is 26.0 Å². The molecule has 0 radical (unpaired) electrons. The van der Waals surface area contributed by atoms with Crippen LogP contribution in [0, 0.1) is 0 Å². The van der Waals surface area contributed by atoms with E-state index >= 15 is 0 Å². The van der Waals surface area contributed by atoms with E-state index in [1.165, 1.54) is 51.0 Å². The van der Waals surface area contributed by atoms with Gasteiger partial charge in [-0.1, -0.05) is 65.5 Å². The molecule has 21 heavy (non-hydrogen) atoms. The number of hydrogen-bond acceptors (Lipinski definition) is 2. The lowest BCUT2D eigenvalue weighted by atomic mass is 9.95. The first-order chi connectivity index (χ1) is 9.61. The zero-order chi connectivity index (χ0) is 16.1. The van der Waals surface area contributed by atoms with Crippen molar-refractivity contribution < 1.29 is 0 Å². The third-order valence-corrected chi connectivity index (χ3v) is 10.1. The first-order valence-corrected chi connectivity index (χ1v) is 17.7. The predicted octanol–water partition coefficient (Wildman–Crippen LogP) is 3.70. The molecule has 0 aromatic heterocycles. The van der Waals surface area contributed by atoms with Crippen molar-refractivity contribution in [1.29, 1.82) is 0 Å². The molecule has 0 unspecified atom stereocenters. The summed E-state index contributed by atoms with van der Waals surface area (Å²) in [6.07, 6.45) is 10.2. The Kier molecular flexibility index (Phi) is 7.88. The molecule has 1 rings (SSSR count). The van der Waals surface area contributed by atoms with Crippen molar-refractivity contribution in [2.24, 2.45) is 0 Å². The molecule has 1 fully saturated rings. The van der Waals surface area contributed by atoms with Gasteiger partial charge < -0.3 is 9.13 Å². The van der Waals surface area contributed by atoms with Crippen LogP contribution in [0.3, 0.4) is 0 Å². The van der Waals surface area contributed by atoms with Gasteiger partial charge in [0.25, 0.3) is 0 Å². The van der Waals surface area contributed by atoms with E-state index < -0.39 is 16.1 Å². The van der Waals surface area contributed by atoms with Gasteiger partial charge in [-0.25, -0.2) is 0 Å². The second-order valence-corrected chi connectivity index (χ2v) is 22.3. The quantitative estimate of drug-likeness (QED) is 0.620. The molecule has 1 saturated carbocycles. The summed E-state index contributed by atoms with van der Waals surface area (Å²) in [4.78, 5) is 0. The minimum atomic E-state index is -0.993. The van der Waals surface area contributed by atoms with Gasteiger partial charge in [-0.2, -0.15) is 0 Å². The predicted molar refractivity (Wildman–Crippen MR) is 106 cm³/mol. The first-order valence-electron chi connectivity index (χ1n) is 9.07. The van der Waals surface area contributed by atoms with Crippen LogP contribution >= 0.6 is 0 Å².